The van der Waals surface area contributed by atoms with Crippen molar-refractivity contribution in [3.8, 4) is 0 Å². The molecule has 0 spiro atoms. The van der Waals surface area contributed by atoms with E-state index < -0.39 is 6.04 Å². The molecule has 4 atom stereocenters. The summed E-state index contributed by atoms with van der Waals surface area (Å²) in [5, 5.41) is 0. The van der Waals surface area contributed by atoms with Crippen LogP contribution in [0.5, 0.6) is 0 Å². The Morgan fingerprint density at radius 3 is 2.58 bits per heavy atom. The van der Waals surface area contributed by atoms with Gasteiger partial charge in [0.2, 0.25) is 5.91 Å². The Labute approximate surface area is 114 Å². The van der Waals surface area contributed by atoms with Crippen LogP contribution >= 0.6 is 0 Å². The van der Waals surface area contributed by atoms with Gasteiger partial charge in [-0.25, -0.2) is 0 Å². The molecule has 1 aliphatic heterocycles. The van der Waals surface area contributed by atoms with Crippen LogP contribution in [0.25, 0.3) is 0 Å². The second-order valence-electron chi connectivity index (χ2n) is 5.29. The van der Waals surface area contributed by atoms with E-state index in [9.17, 15) is 4.79 Å². The number of hydrogen-bond acceptors (Lipinski definition) is 3. The molecule has 2 rings (SSSR count). The Balaban J connectivity index is 2.23. The van der Waals surface area contributed by atoms with Gasteiger partial charge < -0.3 is 15.4 Å². The van der Waals surface area contributed by atoms with Crippen molar-refractivity contribution in [3.63, 3.8) is 0 Å². The molecule has 1 amide bonds. The summed E-state index contributed by atoms with van der Waals surface area (Å²) < 4.78 is 5.91. The van der Waals surface area contributed by atoms with Gasteiger partial charge >= 0.3 is 0 Å². The number of amides is 1. The average molecular weight is 262 g/mol. The molecule has 4 nitrogen and oxygen atoms in total. The van der Waals surface area contributed by atoms with Crippen molar-refractivity contribution < 1.29 is 9.53 Å². The van der Waals surface area contributed by atoms with E-state index in [1.807, 2.05) is 49.1 Å². The van der Waals surface area contributed by atoms with Crippen LogP contribution in [0.4, 0.5) is 0 Å². The van der Waals surface area contributed by atoms with Gasteiger partial charge in [0.1, 0.15) is 6.10 Å². The lowest BCUT2D eigenvalue weighted by molar-refractivity contribution is -0.154. The van der Waals surface area contributed by atoms with Crippen LogP contribution in [0.2, 0.25) is 0 Å². The van der Waals surface area contributed by atoms with Gasteiger partial charge in [0.15, 0.2) is 0 Å². The first-order valence-electron chi connectivity index (χ1n) is 6.76. The Morgan fingerprint density at radius 1 is 1.37 bits per heavy atom. The molecule has 0 aromatic heterocycles. The van der Waals surface area contributed by atoms with E-state index in [4.69, 9.17) is 10.5 Å². The molecule has 0 radical (unpaired) electrons. The molecule has 104 valence electrons. The summed E-state index contributed by atoms with van der Waals surface area (Å²) in [6.45, 7) is 6.29. The highest BCUT2D eigenvalue weighted by molar-refractivity contribution is 5.82. The lowest BCUT2D eigenvalue weighted by atomic mass is 9.98. The van der Waals surface area contributed by atoms with Crippen LogP contribution < -0.4 is 5.73 Å². The maximum absolute atomic E-state index is 12.2. The summed E-state index contributed by atoms with van der Waals surface area (Å²) in [7, 11) is 0. The van der Waals surface area contributed by atoms with E-state index in [1.165, 1.54) is 0 Å². The summed E-state index contributed by atoms with van der Waals surface area (Å²) in [6, 6.07) is 9.60. The molecule has 0 bridgehead atoms. The first-order chi connectivity index (χ1) is 9.02. The summed E-state index contributed by atoms with van der Waals surface area (Å²) >= 11 is 0. The normalized spacial score (nSPS) is 29.1. The quantitative estimate of drug-likeness (QED) is 0.882. The van der Waals surface area contributed by atoms with Gasteiger partial charge in [0.05, 0.1) is 24.7 Å². The Kier molecular flexibility index (Phi) is 4.22. The molecular formula is C15H22N2O2. The molecule has 1 aliphatic rings. The molecular weight excluding hydrogens is 240 g/mol. The molecule has 0 unspecified atom stereocenters. The highest BCUT2D eigenvalue weighted by Crippen LogP contribution is 2.31. The van der Waals surface area contributed by atoms with Crippen LogP contribution in [-0.4, -0.2) is 35.5 Å². The second-order valence-corrected chi connectivity index (χ2v) is 5.29. The van der Waals surface area contributed by atoms with Crippen LogP contribution in [-0.2, 0) is 9.53 Å². The van der Waals surface area contributed by atoms with Crippen LogP contribution in [0.3, 0.4) is 0 Å². The zero-order chi connectivity index (χ0) is 14.0. The zero-order valence-electron chi connectivity index (χ0n) is 11.7. The molecule has 0 aliphatic carbocycles. The highest BCUT2D eigenvalue weighted by atomic mass is 16.5. The van der Waals surface area contributed by atoms with E-state index in [-0.39, 0.29) is 24.1 Å². The minimum Gasteiger partial charge on any atom is -0.369 e. The lowest BCUT2D eigenvalue weighted by Gasteiger charge is -2.44. The first kappa shape index (κ1) is 14.0. The van der Waals surface area contributed by atoms with E-state index in [0.717, 1.165) is 5.56 Å². The lowest BCUT2D eigenvalue weighted by Crippen LogP contribution is -2.57. The van der Waals surface area contributed by atoms with E-state index in [0.29, 0.717) is 6.61 Å². The minimum atomic E-state index is -0.473. The average Bonchev–Trinajstić information content (AvgIpc) is 2.39. The molecule has 2 N–H and O–H groups in total. The number of carbonyl (C=O) groups excluding carboxylic acids is 1. The fourth-order valence-corrected chi connectivity index (χ4v) is 2.68. The number of morpholine rings is 1. The maximum atomic E-state index is 12.2. The molecule has 19 heavy (non-hydrogen) atoms. The molecule has 1 aromatic rings. The van der Waals surface area contributed by atoms with E-state index >= 15 is 0 Å². The first-order valence-corrected chi connectivity index (χ1v) is 6.76. The highest BCUT2D eigenvalue weighted by Gasteiger charge is 2.37. The smallest absolute Gasteiger partial charge is 0.239 e. The van der Waals surface area contributed by atoms with Gasteiger partial charge in [-0.1, -0.05) is 30.3 Å². The number of hydrogen-bond donors (Lipinski definition) is 1. The molecule has 4 heteroatoms. The number of nitrogens with zero attached hydrogens (tertiary/aromatic N) is 1. The Hall–Kier alpha value is -1.39. The van der Waals surface area contributed by atoms with Gasteiger partial charge in [-0.05, 0) is 26.3 Å². The van der Waals surface area contributed by atoms with E-state index in [1.54, 1.807) is 6.92 Å². The Morgan fingerprint density at radius 2 is 2.00 bits per heavy atom. The standard InChI is InChI=1S/C15H22N2O2/c1-10-9-19-14(13-7-5-4-6-8-13)12(3)17(10)15(18)11(2)16/h4-8,10-12,14H,9,16H2,1-3H3/t10-,11-,12-,14+/m1/s1. The molecule has 1 saturated heterocycles. The predicted octanol–water partition coefficient (Wildman–Crippen LogP) is 1.71. The van der Waals surface area contributed by atoms with Crippen molar-refractivity contribution in [1.29, 1.82) is 0 Å². The van der Waals surface area contributed by atoms with Crippen molar-refractivity contribution in [2.75, 3.05) is 6.61 Å². The second kappa shape index (κ2) is 5.72. The number of rotatable bonds is 2. The van der Waals surface area contributed by atoms with Crippen molar-refractivity contribution in [3.05, 3.63) is 35.9 Å². The van der Waals surface area contributed by atoms with Crippen molar-refractivity contribution >= 4 is 5.91 Å². The van der Waals surface area contributed by atoms with Crippen molar-refractivity contribution in [2.24, 2.45) is 5.73 Å². The van der Waals surface area contributed by atoms with Gasteiger partial charge in [0.25, 0.3) is 0 Å². The van der Waals surface area contributed by atoms with Crippen molar-refractivity contribution in [1.82, 2.24) is 4.90 Å². The number of nitrogens with two attached hydrogens (primary N) is 1. The fraction of sp³-hybridized carbons (Fsp3) is 0.533. The topological polar surface area (TPSA) is 55.6 Å². The summed E-state index contributed by atoms with van der Waals surface area (Å²) in [6.07, 6.45) is -0.0832. The fourth-order valence-electron chi connectivity index (χ4n) is 2.68. The number of benzene rings is 1. The number of carbonyl (C=O) groups is 1. The van der Waals surface area contributed by atoms with Gasteiger partial charge in [-0.15, -0.1) is 0 Å². The van der Waals surface area contributed by atoms with Crippen molar-refractivity contribution in [2.45, 2.75) is 45.0 Å². The third-order valence-corrected chi connectivity index (χ3v) is 3.64. The van der Waals surface area contributed by atoms with Crippen LogP contribution in [0, 0.1) is 0 Å². The van der Waals surface area contributed by atoms with Gasteiger partial charge in [-0.3, -0.25) is 4.79 Å². The monoisotopic (exact) mass is 262 g/mol. The molecule has 1 aromatic carbocycles. The maximum Gasteiger partial charge on any atom is 0.239 e. The SMILES string of the molecule is C[C@@H]1CO[C@H](c2ccccc2)[C@@H](C)N1C(=O)[C@@H](C)N. The van der Waals surface area contributed by atoms with E-state index in [2.05, 4.69) is 0 Å². The Bertz CT molecular complexity index is 433. The summed E-state index contributed by atoms with van der Waals surface area (Å²) in [5.74, 6) is -0.00997. The summed E-state index contributed by atoms with van der Waals surface area (Å²) in [5.41, 5.74) is 6.84. The molecule has 1 fully saturated rings. The van der Waals surface area contributed by atoms with Crippen LogP contribution in [0.1, 0.15) is 32.4 Å². The third-order valence-electron chi connectivity index (χ3n) is 3.64. The molecule has 1 heterocycles. The van der Waals surface area contributed by atoms with Crippen LogP contribution in [0.15, 0.2) is 30.3 Å². The number of ether oxygens (including phenoxy) is 1. The third kappa shape index (κ3) is 2.80. The largest absolute Gasteiger partial charge is 0.369 e. The summed E-state index contributed by atoms with van der Waals surface area (Å²) in [4.78, 5) is 14.1. The zero-order valence-corrected chi connectivity index (χ0v) is 11.7. The molecule has 0 saturated carbocycles. The van der Waals surface area contributed by atoms with Gasteiger partial charge in [0, 0.05) is 0 Å². The van der Waals surface area contributed by atoms with Gasteiger partial charge in [-0.2, -0.15) is 0 Å². The minimum absolute atomic E-state index is 0.00958. The predicted molar refractivity (Wildman–Crippen MR) is 74.6 cm³/mol.